The molecule has 0 aliphatic carbocycles. The number of rotatable bonds is 4. The molecule has 0 bridgehead atoms. The maximum atomic E-state index is 14.1. The van der Waals surface area contributed by atoms with Crippen LogP contribution in [0.15, 0.2) is 60.7 Å². The number of aromatic nitrogens is 2. The quantitative estimate of drug-likeness (QED) is 0.700. The minimum atomic E-state index is -0.359. The second-order valence-corrected chi connectivity index (χ2v) is 7.09. The molecule has 1 aromatic heterocycles. The van der Waals surface area contributed by atoms with Crippen LogP contribution < -0.4 is 0 Å². The molecule has 2 heterocycles. The molecule has 28 heavy (non-hydrogen) atoms. The molecule has 0 unspecified atom stereocenters. The Morgan fingerprint density at radius 3 is 2.39 bits per heavy atom. The van der Waals surface area contributed by atoms with Gasteiger partial charge in [0.1, 0.15) is 11.5 Å². The number of halogens is 1. The molecule has 3 aromatic rings. The molecule has 1 aliphatic heterocycles. The van der Waals surface area contributed by atoms with Gasteiger partial charge in [0.25, 0.3) is 5.91 Å². The van der Waals surface area contributed by atoms with E-state index in [1.807, 2.05) is 30.0 Å². The van der Waals surface area contributed by atoms with Gasteiger partial charge in [0.2, 0.25) is 0 Å². The molecular weight excluding hydrogens is 355 g/mol. The normalized spacial score (nSPS) is 15.0. The summed E-state index contributed by atoms with van der Waals surface area (Å²) in [7, 11) is 0. The summed E-state index contributed by atoms with van der Waals surface area (Å²) < 4.78 is 15.6. The lowest BCUT2D eigenvalue weighted by atomic mass is 10.2. The average Bonchev–Trinajstić information content (AvgIpc) is 3.11. The number of para-hydroxylation sites is 1. The molecule has 2 aromatic carbocycles. The van der Waals surface area contributed by atoms with Crippen LogP contribution in [0.3, 0.4) is 0 Å². The molecule has 144 valence electrons. The van der Waals surface area contributed by atoms with E-state index in [4.69, 9.17) is 0 Å². The molecule has 0 spiro atoms. The van der Waals surface area contributed by atoms with Gasteiger partial charge in [-0.2, -0.15) is 5.10 Å². The van der Waals surface area contributed by atoms with Crippen molar-refractivity contribution >= 4 is 5.91 Å². The Kier molecular flexibility index (Phi) is 5.21. The van der Waals surface area contributed by atoms with Crippen molar-refractivity contribution in [3.8, 4) is 5.69 Å². The highest BCUT2D eigenvalue weighted by Gasteiger charge is 2.24. The Labute approximate surface area is 164 Å². The van der Waals surface area contributed by atoms with E-state index in [1.165, 1.54) is 16.3 Å². The lowest BCUT2D eigenvalue weighted by Crippen LogP contribution is -2.48. The predicted molar refractivity (Wildman–Crippen MR) is 106 cm³/mol. The number of aryl methyl sites for hydroxylation is 1. The van der Waals surface area contributed by atoms with Gasteiger partial charge in [-0.1, -0.05) is 42.5 Å². The Morgan fingerprint density at radius 1 is 1.00 bits per heavy atom. The monoisotopic (exact) mass is 378 g/mol. The van der Waals surface area contributed by atoms with Gasteiger partial charge in [-0.3, -0.25) is 9.69 Å². The summed E-state index contributed by atoms with van der Waals surface area (Å²) in [4.78, 5) is 17.1. The summed E-state index contributed by atoms with van der Waals surface area (Å²) in [6.07, 6.45) is 0. The number of benzene rings is 2. The van der Waals surface area contributed by atoms with E-state index in [0.717, 1.165) is 25.3 Å². The molecule has 0 saturated carbocycles. The predicted octanol–water partition coefficient (Wildman–Crippen LogP) is 3.28. The summed E-state index contributed by atoms with van der Waals surface area (Å²) in [6.45, 7) is 5.70. The minimum absolute atomic E-state index is 0.0995. The Bertz CT molecular complexity index is 962. The fraction of sp³-hybridized carbons (Fsp3) is 0.273. The number of nitrogens with zero attached hydrogens (tertiary/aromatic N) is 4. The zero-order valence-electron chi connectivity index (χ0n) is 15.9. The molecule has 0 N–H and O–H groups in total. The van der Waals surface area contributed by atoms with Gasteiger partial charge in [-0.25, -0.2) is 9.07 Å². The highest BCUT2D eigenvalue weighted by molar-refractivity contribution is 5.92. The van der Waals surface area contributed by atoms with Gasteiger partial charge in [0.15, 0.2) is 5.69 Å². The van der Waals surface area contributed by atoms with Crippen LogP contribution in [-0.2, 0) is 6.54 Å². The molecular formula is C22H23FN4O. The highest BCUT2D eigenvalue weighted by Crippen LogP contribution is 2.17. The van der Waals surface area contributed by atoms with Crippen molar-refractivity contribution in [2.75, 3.05) is 26.2 Å². The van der Waals surface area contributed by atoms with Crippen molar-refractivity contribution in [3.05, 3.63) is 83.4 Å². The van der Waals surface area contributed by atoms with Crippen LogP contribution in [0.5, 0.6) is 0 Å². The number of carbonyl (C=O) groups is 1. The third-order valence-electron chi connectivity index (χ3n) is 5.10. The van der Waals surface area contributed by atoms with E-state index < -0.39 is 0 Å². The van der Waals surface area contributed by atoms with Crippen molar-refractivity contribution < 1.29 is 9.18 Å². The molecule has 6 heteroatoms. The maximum absolute atomic E-state index is 14.1. The largest absolute Gasteiger partial charge is 0.335 e. The second kappa shape index (κ2) is 7.94. The summed E-state index contributed by atoms with van der Waals surface area (Å²) in [5, 5.41) is 4.37. The Balaban J connectivity index is 1.42. The van der Waals surface area contributed by atoms with E-state index >= 15 is 0 Å². The van der Waals surface area contributed by atoms with E-state index in [0.29, 0.717) is 24.5 Å². The molecule has 5 nitrogen and oxygen atoms in total. The molecule has 1 amide bonds. The zero-order chi connectivity index (χ0) is 19.5. The Hall–Kier alpha value is -2.99. The summed E-state index contributed by atoms with van der Waals surface area (Å²) in [5.74, 6) is -0.459. The standard InChI is InChI=1S/C22H23FN4O/c1-17-15-20(24-27(17)21-10-6-5-9-19(21)23)22(28)26-13-11-25(12-14-26)16-18-7-3-2-4-8-18/h2-10,15H,11-14,16H2,1H3. The number of hydrogen-bond acceptors (Lipinski definition) is 3. The van der Waals surface area contributed by atoms with Gasteiger partial charge >= 0.3 is 0 Å². The van der Waals surface area contributed by atoms with Crippen LogP contribution in [0, 0.1) is 12.7 Å². The van der Waals surface area contributed by atoms with Gasteiger partial charge < -0.3 is 4.90 Å². The number of amides is 1. The van der Waals surface area contributed by atoms with Gasteiger partial charge in [-0.05, 0) is 30.7 Å². The fourth-order valence-corrected chi connectivity index (χ4v) is 3.56. The lowest BCUT2D eigenvalue weighted by molar-refractivity contribution is 0.0622. The molecule has 1 fully saturated rings. The summed E-state index contributed by atoms with van der Waals surface area (Å²) in [5.41, 5.74) is 2.72. The van der Waals surface area contributed by atoms with Crippen molar-refractivity contribution in [3.63, 3.8) is 0 Å². The molecule has 1 aliphatic rings. The number of piperazine rings is 1. The van der Waals surface area contributed by atoms with Gasteiger partial charge in [0, 0.05) is 38.4 Å². The first-order chi connectivity index (χ1) is 13.6. The third-order valence-corrected chi connectivity index (χ3v) is 5.10. The maximum Gasteiger partial charge on any atom is 0.274 e. The van der Waals surface area contributed by atoms with E-state index in [1.54, 1.807) is 24.3 Å². The van der Waals surface area contributed by atoms with Crippen LogP contribution in [0.1, 0.15) is 21.7 Å². The lowest BCUT2D eigenvalue weighted by Gasteiger charge is -2.34. The first-order valence-electron chi connectivity index (χ1n) is 9.49. The van der Waals surface area contributed by atoms with Gasteiger partial charge in [-0.15, -0.1) is 0 Å². The fourth-order valence-electron chi connectivity index (χ4n) is 3.56. The number of hydrogen-bond donors (Lipinski definition) is 0. The van der Waals surface area contributed by atoms with Crippen LogP contribution in [0.4, 0.5) is 4.39 Å². The Morgan fingerprint density at radius 2 is 1.68 bits per heavy atom. The minimum Gasteiger partial charge on any atom is -0.335 e. The molecule has 0 radical (unpaired) electrons. The van der Waals surface area contributed by atoms with Crippen LogP contribution in [-0.4, -0.2) is 51.7 Å². The first kappa shape index (κ1) is 18.4. The van der Waals surface area contributed by atoms with E-state index in [9.17, 15) is 9.18 Å². The highest BCUT2D eigenvalue weighted by atomic mass is 19.1. The van der Waals surface area contributed by atoms with Crippen LogP contribution >= 0.6 is 0 Å². The van der Waals surface area contributed by atoms with Crippen molar-refractivity contribution in [1.82, 2.24) is 19.6 Å². The van der Waals surface area contributed by atoms with Crippen LogP contribution in [0.25, 0.3) is 5.69 Å². The van der Waals surface area contributed by atoms with E-state index in [2.05, 4.69) is 22.1 Å². The van der Waals surface area contributed by atoms with Gasteiger partial charge in [0.05, 0.1) is 0 Å². The average molecular weight is 378 g/mol. The van der Waals surface area contributed by atoms with Crippen molar-refractivity contribution in [2.45, 2.75) is 13.5 Å². The molecule has 4 rings (SSSR count). The topological polar surface area (TPSA) is 41.4 Å². The summed E-state index contributed by atoms with van der Waals surface area (Å²) >= 11 is 0. The SMILES string of the molecule is Cc1cc(C(=O)N2CCN(Cc3ccccc3)CC2)nn1-c1ccccc1F. The van der Waals surface area contributed by atoms with E-state index in [-0.39, 0.29) is 11.7 Å². The number of carbonyl (C=O) groups excluding carboxylic acids is 1. The molecule has 0 atom stereocenters. The second-order valence-electron chi connectivity index (χ2n) is 7.09. The van der Waals surface area contributed by atoms with Crippen molar-refractivity contribution in [2.24, 2.45) is 0 Å². The van der Waals surface area contributed by atoms with Crippen LogP contribution in [0.2, 0.25) is 0 Å². The zero-order valence-corrected chi connectivity index (χ0v) is 15.9. The molecule has 1 saturated heterocycles. The third kappa shape index (κ3) is 3.82. The summed E-state index contributed by atoms with van der Waals surface area (Å²) in [6, 6.07) is 18.5. The van der Waals surface area contributed by atoms with Crippen molar-refractivity contribution in [1.29, 1.82) is 0 Å². The first-order valence-corrected chi connectivity index (χ1v) is 9.49. The smallest absolute Gasteiger partial charge is 0.274 e.